The number of aromatic hydroxyl groups is 1. The Morgan fingerprint density at radius 2 is 1.48 bits per heavy atom. The van der Waals surface area contributed by atoms with Gasteiger partial charge in [-0.05, 0) is 12.1 Å². The highest BCUT2D eigenvalue weighted by atomic mass is 16.5. The molecule has 0 bridgehead atoms. The van der Waals surface area contributed by atoms with E-state index in [1.165, 1.54) is 13.2 Å². The molecule has 1 aromatic carbocycles. The van der Waals surface area contributed by atoms with Crippen molar-refractivity contribution in [1.29, 1.82) is 0 Å². The van der Waals surface area contributed by atoms with Crippen LogP contribution in [0.3, 0.4) is 0 Å². The molecule has 8 heteroatoms. The molecule has 0 aliphatic rings. The van der Waals surface area contributed by atoms with Crippen LogP contribution in [0.15, 0.2) is 21.2 Å². The van der Waals surface area contributed by atoms with Crippen molar-refractivity contribution in [1.82, 2.24) is 20.3 Å². The number of benzene rings is 1. The Morgan fingerprint density at radius 3 is 1.90 bits per heavy atom. The van der Waals surface area contributed by atoms with Crippen LogP contribution in [-0.2, 0) is 0 Å². The van der Waals surface area contributed by atoms with E-state index < -0.39 is 0 Å². The SMILES string of the molecule is COc1cc(-c2noc(C)n2)c(-c2noc(C)n2)cc1O. The molecule has 2 aromatic heterocycles. The van der Waals surface area contributed by atoms with Crippen LogP contribution in [0.25, 0.3) is 22.8 Å². The van der Waals surface area contributed by atoms with Crippen molar-refractivity contribution in [2.24, 2.45) is 0 Å². The monoisotopic (exact) mass is 288 g/mol. The van der Waals surface area contributed by atoms with E-state index in [2.05, 4.69) is 20.3 Å². The summed E-state index contributed by atoms with van der Waals surface area (Å²) in [5.41, 5.74) is 1.09. The number of methoxy groups -OCH3 is 1. The third kappa shape index (κ3) is 2.31. The third-order valence-corrected chi connectivity index (χ3v) is 2.86. The predicted octanol–water partition coefficient (Wildman–Crippen LogP) is 2.12. The minimum Gasteiger partial charge on any atom is -0.504 e. The van der Waals surface area contributed by atoms with Crippen molar-refractivity contribution in [3.63, 3.8) is 0 Å². The van der Waals surface area contributed by atoms with Crippen molar-refractivity contribution in [3.8, 4) is 34.3 Å². The van der Waals surface area contributed by atoms with Crippen LogP contribution in [0, 0.1) is 13.8 Å². The van der Waals surface area contributed by atoms with Crippen LogP contribution < -0.4 is 4.74 Å². The first-order valence-corrected chi connectivity index (χ1v) is 6.11. The van der Waals surface area contributed by atoms with Crippen LogP contribution in [0.5, 0.6) is 11.5 Å². The Balaban J connectivity index is 2.24. The average Bonchev–Trinajstić information content (AvgIpc) is 3.07. The molecule has 108 valence electrons. The number of hydrogen-bond acceptors (Lipinski definition) is 8. The van der Waals surface area contributed by atoms with E-state index in [0.717, 1.165) is 0 Å². The molecule has 1 N–H and O–H groups in total. The maximum Gasteiger partial charge on any atom is 0.223 e. The van der Waals surface area contributed by atoms with Gasteiger partial charge in [-0.3, -0.25) is 0 Å². The Bertz CT molecular complexity index is 793. The fourth-order valence-electron chi connectivity index (χ4n) is 1.92. The number of rotatable bonds is 3. The standard InChI is InChI=1S/C13H12N4O4/c1-6-14-12(16-20-6)8-4-10(18)11(19-3)5-9(8)13-15-7(2)21-17-13/h4-5,18H,1-3H3. The molecule has 3 aromatic rings. The second-order valence-corrected chi connectivity index (χ2v) is 4.34. The minimum absolute atomic E-state index is 0.0427. The lowest BCUT2D eigenvalue weighted by Gasteiger charge is -2.08. The molecule has 0 fully saturated rings. The van der Waals surface area contributed by atoms with Gasteiger partial charge in [-0.1, -0.05) is 10.3 Å². The van der Waals surface area contributed by atoms with E-state index in [4.69, 9.17) is 13.8 Å². The van der Waals surface area contributed by atoms with E-state index in [9.17, 15) is 5.11 Å². The summed E-state index contributed by atoms with van der Waals surface area (Å²) < 4.78 is 15.1. The van der Waals surface area contributed by atoms with E-state index in [1.54, 1.807) is 19.9 Å². The van der Waals surface area contributed by atoms with E-state index in [1.807, 2.05) is 0 Å². The smallest absolute Gasteiger partial charge is 0.223 e. The summed E-state index contributed by atoms with van der Waals surface area (Å²) in [4.78, 5) is 8.33. The normalized spacial score (nSPS) is 10.8. The van der Waals surface area contributed by atoms with Crippen molar-refractivity contribution in [2.45, 2.75) is 13.8 Å². The summed E-state index contributed by atoms with van der Waals surface area (Å²) >= 11 is 0. The first-order valence-electron chi connectivity index (χ1n) is 6.11. The lowest BCUT2D eigenvalue weighted by molar-refractivity contribution is 0.373. The van der Waals surface area contributed by atoms with Gasteiger partial charge in [-0.2, -0.15) is 9.97 Å². The van der Waals surface area contributed by atoms with Crippen molar-refractivity contribution in [3.05, 3.63) is 23.9 Å². The minimum atomic E-state index is -0.0427. The molecule has 0 amide bonds. The van der Waals surface area contributed by atoms with Crippen LogP contribution in [0.4, 0.5) is 0 Å². The number of aryl methyl sites for hydroxylation is 2. The molecular weight excluding hydrogens is 276 g/mol. The number of nitrogens with zero attached hydrogens (tertiary/aromatic N) is 4. The summed E-state index contributed by atoms with van der Waals surface area (Å²) in [7, 11) is 1.46. The summed E-state index contributed by atoms with van der Waals surface area (Å²) in [6, 6.07) is 3.07. The summed E-state index contributed by atoms with van der Waals surface area (Å²) in [6.07, 6.45) is 0. The number of phenolic OH excluding ortho intramolecular Hbond substituents is 1. The van der Waals surface area contributed by atoms with E-state index >= 15 is 0 Å². The zero-order valence-corrected chi connectivity index (χ0v) is 11.6. The predicted molar refractivity (Wildman–Crippen MR) is 70.7 cm³/mol. The van der Waals surface area contributed by atoms with Gasteiger partial charge in [0.1, 0.15) is 0 Å². The fraction of sp³-hybridized carbons (Fsp3) is 0.231. The Morgan fingerprint density at radius 1 is 0.952 bits per heavy atom. The van der Waals surface area contributed by atoms with Gasteiger partial charge in [-0.15, -0.1) is 0 Å². The van der Waals surface area contributed by atoms with Gasteiger partial charge in [0.25, 0.3) is 0 Å². The second-order valence-electron chi connectivity index (χ2n) is 4.34. The lowest BCUT2D eigenvalue weighted by atomic mass is 10.0. The number of phenols is 1. The summed E-state index contributed by atoms with van der Waals surface area (Å²) in [5, 5.41) is 17.7. The van der Waals surface area contributed by atoms with Crippen LogP contribution in [-0.4, -0.2) is 32.5 Å². The third-order valence-electron chi connectivity index (χ3n) is 2.86. The lowest BCUT2D eigenvalue weighted by Crippen LogP contribution is -1.92. The maximum absolute atomic E-state index is 9.96. The Labute approximate surface area is 119 Å². The van der Waals surface area contributed by atoms with Crippen molar-refractivity contribution < 1.29 is 18.9 Å². The van der Waals surface area contributed by atoms with Crippen molar-refractivity contribution in [2.75, 3.05) is 7.11 Å². The number of hydrogen-bond donors (Lipinski definition) is 1. The molecule has 3 rings (SSSR count). The number of aromatic nitrogens is 4. The molecule has 0 saturated heterocycles. The molecule has 0 atom stereocenters. The first-order chi connectivity index (χ1) is 10.1. The van der Waals surface area contributed by atoms with Gasteiger partial charge < -0.3 is 18.9 Å². The van der Waals surface area contributed by atoms with Gasteiger partial charge in [0.05, 0.1) is 7.11 Å². The zero-order valence-electron chi connectivity index (χ0n) is 11.6. The first kappa shape index (κ1) is 13.1. The highest BCUT2D eigenvalue weighted by Gasteiger charge is 2.20. The quantitative estimate of drug-likeness (QED) is 0.780. The molecule has 8 nitrogen and oxygen atoms in total. The Hall–Kier alpha value is -2.90. The summed E-state index contributed by atoms with van der Waals surface area (Å²) in [5.74, 6) is 1.75. The molecular formula is C13H12N4O4. The van der Waals surface area contributed by atoms with Gasteiger partial charge >= 0.3 is 0 Å². The molecule has 0 spiro atoms. The molecule has 0 aliphatic carbocycles. The van der Waals surface area contributed by atoms with Gasteiger partial charge in [-0.25, -0.2) is 0 Å². The van der Waals surface area contributed by atoms with Crippen molar-refractivity contribution >= 4 is 0 Å². The highest BCUT2D eigenvalue weighted by molar-refractivity contribution is 5.80. The molecule has 0 saturated carbocycles. The summed E-state index contributed by atoms with van der Waals surface area (Å²) in [6.45, 7) is 3.37. The maximum atomic E-state index is 9.96. The largest absolute Gasteiger partial charge is 0.504 e. The Kier molecular flexibility index (Phi) is 3.05. The van der Waals surface area contributed by atoms with Gasteiger partial charge in [0, 0.05) is 25.0 Å². The van der Waals surface area contributed by atoms with Crippen LogP contribution in [0.2, 0.25) is 0 Å². The molecule has 2 heterocycles. The molecule has 0 aliphatic heterocycles. The molecule has 0 radical (unpaired) electrons. The van der Waals surface area contributed by atoms with Gasteiger partial charge in [0.2, 0.25) is 23.4 Å². The molecule has 0 unspecified atom stereocenters. The second kappa shape index (κ2) is 4.89. The van der Waals surface area contributed by atoms with E-state index in [0.29, 0.717) is 34.6 Å². The fourth-order valence-corrected chi connectivity index (χ4v) is 1.92. The number of ether oxygens (including phenoxy) is 1. The van der Waals surface area contributed by atoms with Crippen LogP contribution in [0.1, 0.15) is 11.8 Å². The van der Waals surface area contributed by atoms with E-state index in [-0.39, 0.29) is 11.5 Å². The zero-order chi connectivity index (χ0) is 15.0. The van der Waals surface area contributed by atoms with Crippen LogP contribution >= 0.6 is 0 Å². The highest BCUT2D eigenvalue weighted by Crippen LogP contribution is 2.38. The van der Waals surface area contributed by atoms with Gasteiger partial charge in [0.15, 0.2) is 11.5 Å². The average molecular weight is 288 g/mol. The molecule has 21 heavy (non-hydrogen) atoms. The topological polar surface area (TPSA) is 107 Å².